The van der Waals surface area contributed by atoms with Crippen molar-refractivity contribution < 1.29 is 14.7 Å². The number of nitrogens with zero attached hydrogens (tertiary/aromatic N) is 1. The van der Waals surface area contributed by atoms with Crippen molar-refractivity contribution in [1.29, 1.82) is 0 Å². The Labute approximate surface area is 106 Å². The van der Waals surface area contributed by atoms with Crippen LogP contribution in [0.25, 0.3) is 0 Å². The van der Waals surface area contributed by atoms with Crippen LogP contribution in [0.4, 0.5) is 0 Å². The number of nitrogens with one attached hydrogen (secondary N) is 2. The number of carbonyl (C=O) groups excluding carboxylic acids is 1. The Balaban J connectivity index is 2.82. The molecule has 1 amide bonds. The summed E-state index contributed by atoms with van der Waals surface area (Å²) in [6.45, 7) is 7.42. The average molecular weight is 253 g/mol. The van der Waals surface area contributed by atoms with Gasteiger partial charge in [-0.3, -0.25) is 14.7 Å². The summed E-state index contributed by atoms with van der Waals surface area (Å²) in [5.74, 6) is -1.23. The summed E-state index contributed by atoms with van der Waals surface area (Å²) in [5.41, 5.74) is 0.774. The first-order chi connectivity index (χ1) is 8.21. The lowest BCUT2D eigenvalue weighted by Gasteiger charge is -2.30. The van der Waals surface area contributed by atoms with E-state index in [0.29, 0.717) is 11.3 Å². The number of carboxylic acid groups (broad SMARTS) is 1. The van der Waals surface area contributed by atoms with E-state index in [1.807, 2.05) is 20.8 Å². The number of aliphatic carboxylic acids is 1. The van der Waals surface area contributed by atoms with E-state index in [1.165, 1.54) is 6.20 Å². The lowest BCUT2D eigenvalue weighted by atomic mass is 9.84. The number of aryl methyl sites for hydroxylation is 1. The van der Waals surface area contributed by atoms with Crippen LogP contribution in [-0.2, 0) is 4.79 Å². The number of rotatable bonds is 4. The van der Waals surface area contributed by atoms with Crippen molar-refractivity contribution in [1.82, 2.24) is 15.5 Å². The van der Waals surface area contributed by atoms with E-state index in [-0.39, 0.29) is 17.7 Å². The highest BCUT2D eigenvalue weighted by Crippen LogP contribution is 2.22. The summed E-state index contributed by atoms with van der Waals surface area (Å²) in [6.07, 6.45) is 1.33. The Bertz CT molecular complexity index is 446. The fourth-order valence-corrected chi connectivity index (χ4v) is 1.56. The van der Waals surface area contributed by atoms with Crippen molar-refractivity contribution in [3.63, 3.8) is 0 Å². The van der Waals surface area contributed by atoms with Crippen LogP contribution < -0.4 is 5.32 Å². The number of H-pyrrole nitrogens is 1. The van der Waals surface area contributed by atoms with E-state index in [1.54, 1.807) is 6.92 Å². The van der Waals surface area contributed by atoms with Gasteiger partial charge in [0.15, 0.2) is 0 Å². The monoisotopic (exact) mass is 253 g/mol. The van der Waals surface area contributed by atoms with Gasteiger partial charge in [0.25, 0.3) is 5.91 Å². The van der Waals surface area contributed by atoms with Crippen molar-refractivity contribution in [3.05, 3.63) is 17.5 Å². The first-order valence-electron chi connectivity index (χ1n) is 5.74. The maximum Gasteiger partial charge on any atom is 0.305 e. The van der Waals surface area contributed by atoms with Gasteiger partial charge in [0.2, 0.25) is 0 Å². The Hall–Kier alpha value is -1.85. The molecule has 0 saturated carbocycles. The smallest absolute Gasteiger partial charge is 0.305 e. The summed E-state index contributed by atoms with van der Waals surface area (Å²) < 4.78 is 0. The topological polar surface area (TPSA) is 95.1 Å². The maximum absolute atomic E-state index is 12.0. The van der Waals surface area contributed by atoms with Crippen LogP contribution >= 0.6 is 0 Å². The number of carboxylic acids is 1. The van der Waals surface area contributed by atoms with E-state index in [2.05, 4.69) is 15.5 Å². The number of amides is 1. The molecule has 0 spiro atoms. The third-order valence-corrected chi connectivity index (χ3v) is 2.80. The van der Waals surface area contributed by atoms with Gasteiger partial charge in [-0.1, -0.05) is 20.8 Å². The van der Waals surface area contributed by atoms with Gasteiger partial charge in [-0.25, -0.2) is 0 Å². The third kappa shape index (κ3) is 3.58. The molecule has 6 nitrogen and oxygen atoms in total. The molecule has 0 aliphatic rings. The molecule has 1 unspecified atom stereocenters. The summed E-state index contributed by atoms with van der Waals surface area (Å²) >= 11 is 0. The van der Waals surface area contributed by atoms with E-state index in [4.69, 9.17) is 5.11 Å². The van der Waals surface area contributed by atoms with Crippen LogP contribution in [0.5, 0.6) is 0 Å². The van der Waals surface area contributed by atoms with Gasteiger partial charge in [0.1, 0.15) is 0 Å². The quantitative estimate of drug-likeness (QED) is 0.754. The van der Waals surface area contributed by atoms with Crippen molar-refractivity contribution in [2.75, 3.05) is 0 Å². The van der Waals surface area contributed by atoms with Gasteiger partial charge in [-0.2, -0.15) is 5.10 Å². The summed E-state index contributed by atoms with van der Waals surface area (Å²) in [7, 11) is 0. The molecule has 0 aromatic carbocycles. The average Bonchev–Trinajstić information content (AvgIpc) is 2.61. The van der Waals surface area contributed by atoms with E-state index in [0.717, 1.165) is 0 Å². The number of aromatic amines is 1. The Kier molecular flexibility index (Phi) is 4.11. The molecule has 0 aliphatic carbocycles. The van der Waals surface area contributed by atoms with Crippen LogP contribution in [0.15, 0.2) is 6.20 Å². The fourth-order valence-electron chi connectivity index (χ4n) is 1.56. The molecule has 3 N–H and O–H groups in total. The van der Waals surface area contributed by atoms with E-state index in [9.17, 15) is 9.59 Å². The first kappa shape index (κ1) is 14.2. The zero-order valence-electron chi connectivity index (χ0n) is 11.1. The van der Waals surface area contributed by atoms with Gasteiger partial charge in [-0.05, 0) is 12.3 Å². The predicted molar refractivity (Wildman–Crippen MR) is 66.3 cm³/mol. The second-order valence-corrected chi connectivity index (χ2v) is 5.40. The van der Waals surface area contributed by atoms with Crippen molar-refractivity contribution in [2.24, 2.45) is 5.41 Å². The molecule has 1 atom stereocenters. The number of aromatic nitrogens is 2. The van der Waals surface area contributed by atoms with Crippen LogP contribution in [0.1, 0.15) is 43.2 Å². The molecule has 0 fully saturated rings. The molecule has 1 rings (SSSR count). The SMILES string of the molecule is Cc1[nH]ncc1C(=O)NC(CC(=O)O)C(C)(C)C. The molecule has 0 radical (unpaired) electrons. The fraction of sp³-hybridized carbons (Fsp3) is 0.583. The van der Waals surface area contributed by atoms with Crippen LogP contribution in [0.3, 0.4) is 0 Å². The lowest BCUT2D eigenvalue weighted by Crippen LogP contribution is -2.45. The standard InChI is InChI=1S/C12H19N3O3/c1-7-8(6-13-15-7)11(18)14-9(5-10(16)17)12(2,3)4/h6,9H,5H2,1-4H3,(H,13,15)(H,14,18)(H,16,17). The predicted octanol–water partition coefficient (Wildman–Crippen LogP) is 1.34. The van der Waals surface area contributed by atoms with Crippen molar-refractivity contribution in [3.8, 4) is 0 Å². The molecule has 1 heterocycles. The Morgan fingerprint density at radius 2 is 2.11 bits per heavy atom. The third-order valence-electron chi connectivity index (χ3n) is 2.80. The van der Waals surface area contributed by atoms with Gasteiger partial charge < -0.3 is 10.4 Å². The van der Waals surface area contributed by atoms with Gasteiger partial charge in [0, 0.05) is 11.7 Å². The normalized spacial score (nSPS) is 13.1. The highest BCUT2D eigenvalue weighted by molar-refractivity contribution is 5.95. The second kappa shape index (κ2) is 5.20. The molecule has 1 aromatic heterocycles. The zero-order chi connectivity index (χ0) is 13.9. The van der Waals surface area contributed by atoms with Crippen LogP contribution in [0, 0.1) is 12.3 Å². The van der Waals surface area contributed by atoms with Crippen LogP contribution in [0.2, 0.25) is 0 Å². The molecule has 6 heteroatoms. The molecule has 0 saturated heterocycles. The lowest BCUT2D eigenvalue weighted by molar-refractivity contribution is -0.138. The van der Waals surface area contributed by atoms with Gasteiger partial charge >= 0.3 is 5.97 Å². The molecule has 100 valence electrons. The maximum atomic E-state index is 12.0. The van der Waals surface area contributed by atoms with Gasteiger partial charge in [-0.15, -0.1) is 0 Å². The molecule has 0 aliphatic heterocycles. The van der Waals surface area contributed by atoms with Crippen molar-refractivity contribution in [2.45, 2.75) is 40.2 Å². The first-order valence-corrected chi connectivity index (χ1v) is 5.74. The highest BCUT2D eigenvalue weighted by Gasteiger charge is 2.29. The minimum absolute atomic E-state index is 0.105. The van der Waals surface area contributed by atoms with Crippen molar-refractivity contribution >= 4 is 11.9 Å². The summed E-state index contributed by atoms with van der Waals surface area (Å²) in [4.78, 5) is 22.8. The molecular weight excluding hydrogens is 234 g/mol. The largest absolute Gasteiger partial charge is 0.481 e. The van der Waals surface area contributed by atoms with Gasteiger partial charge in [0.05, 0.1) is 18.2 Å². The molecule has 18 heavy (non-hydrogen) atoms. The minimum Gasteiger partial charge on any atom is -0.481 e. The Morgan fingerprint density at radius 3 is 2.50 bits per heavy atom. The summed E-state index contributed by atoms with van der Waals surface area (Å²) in [5, 5.41) is 18.1. The molecule has 1 aromatic rings. The zero-order valence-corrected chi connectivity index (χ0v) is 11.1. The number of carbonyl (C=O) groups is 2. The minimum atomic E-state index is -0.931. The second-order valence-electron chi connectivity index (χ2n) is 5.40. The number of hydrogen-bond acceptors (Lipinski definition) is 3. The van der Waals surface area contributed by atoms with E-state index < -0.39 is 12.0 Å². The van der Waals surface area contributed by atoms with E-state index >= 15 is 0 Å². The molecular formula is C12H19N3O3. The number of hydrogen-bond donors (Lipinski definition) is 3. The summed E-state index contributed by atoms with van der Waals surface area (Å²) in [6, 6.07) is -0.434. The highest BCUT2D eigenvalue weighted by atomic mass is 16.4. The van der Waals surface area contributed by atoms with Crippen LogP contribution in [-0.4, -0.2) is 33.2 Å². The Morgan fingerprint density at radius 1 is 1.50 bits per heavy atom. The molecule has 0 bridgehead atoms.